The molecule has 1 nitrogen and oxygen atoms in total. The van der Waals surface area contributed by atoms with Gasteiger partial charge in [-0.25, -0.2) is 0 Å². The summed E-state index contributed by atoms with van der Waals surface area (Å²) in [7, 11) is 0. The zero-order valence-corrected chi connectivity index (χ0v) is 6.91. The molecule has 0 bridgehead atoms. The van der Waals surface area contributed by atoms with E-state index >= 15 is 0 Å². The van der Waals surface area contributed by atoms with Gasteiger partial charge in [0, 0.05) is 13.1 Å². The highest BCUT2D eigenvalue weighted by Crippen LogP contribution is 2.40. The molecule has 0 radical (unpaired) electrons. The molecule has 0 aliphatic carbocycles. The average molecular weight is 127 g/mol. The van der Waals surface area contributed by atoms with Crippen LogP contribution in [0.25, 0.3) is 0 Å². The maximum absolute atomic E-state index is 3.31. The number of hydrogen-bond acceptors (Lipinski definition) is 1. The van der Waals surface area contributed by atoms with Crippen molar-refractivity contribution < 1.29 is 0 Å². The Kier molecular flexibility index (Phi) is 1.35. The van der Waals surface area contributed by atoms with Crippen molar-refractivity contribution in [2.24, 2.45) is 10.8 Å². The molecule has 0 atom stereocenters. The number of hydrogen-bond donors (Lipinski definition) is 1. The van der Waals surface area contributed by atoms with Gasteiger partial charge in [0.15, 0.2) is 0 Å². The summed E-state index contributed by atoms with van der Waals surface area (Å²) in [5.74, 6) is 0. The normalized spacial score (nSPS) is 25.3. The third-order valence-electron chi connectivity index (χ3n) is 2.84. The van der Waals surface area contributed by atoms with Crippen molar-refractivity contribution in [1.82, 2.24) is 5.32 Å². The van der Waals surface area contributed by atoms with Gasteiger partial charge in [0.05, 0.1) is 0 Å². The van der Waals surface area contributed by atoms with E-state index in [-0.39, 0.29) is 0 Å². The van der Waals surface area contributed by atoms with Crippen LogP contribution < -0.4 is 5.32 Å². The Bertz CT molecular complexity index is 106. The molecule has 1 aliphatic rings. The Balaban J connectivity index is 2.59. The molecule has 1 heterocycles. The lowest BCUT2D eigenvalue weighted by Gasteiger charge is -2.49. The Hall–Kier alpha value is -0.0400. The van der Waals surface area contributed by atoms with Gasteiger partial charge in [0.1, 0.15) is 0 Å². The van der Waals surface area contributed by atoms with Gasteiger partial charge < -0.3 is 5.32 Å². The third kappa shape index (κ3) is 0.983. The van der Waals surface area contributed by atoms with Crippen molar-refractivity contribution in [2.45, 2.75) is 27.7 Å². The zero-order chi connectivity index (χ0) is 7.12. The molecule has 0 aromatic heterocycles. The van der Waals surface area contributed by atoms with Gasteiger partial charge in [-0.15, -0.1) is 0 Å². The average Bonchev–Trinajstić information content (AvgIpc) is 1.57. The predicted molar refractivity (Wildman–Crippen MR) is 40.4 cm³/mol. The molecule has 1 aliphatic heterocycles. The molecule has 0 spiro atoms. The standard InChI is InChI=1S/C8H17N/c1-7(2,3)8(4)5-9-6-8/h9H,5-6H2,1-4H3. The highest BCUT2D eigenvalue weighted by atomic mass is 15.0. The predicted octanol–water partition coefficient (Wildman–Crippen LogP) is 1.64. The van der Waals surface area contributed by atoms with E-state index in [9.17, 15) is 0 Å². The van der Waals surface area contributed by atoms with E-state index in [1.165, 1.54) is 13.1 Å². The first kappa shape index (κ1) is 7.07. The van der Waals surface area contributed by atoms with Gasteiger partial charge >= 0.3 is 0 Å². The summed E-state index contributed by atoms with van der Waals surface area (Å²) >= 11 is 0. The SMILES string of the molecule is CC(C)(C)C1(C)CNC1. The van der Waals surface area contributed by atoms with Crippen LogP contribution in [0.4, 0.5) is 0 Å². The minimum atomic E-state index is 0.470. The second kappa shape index (κ2) is 1.72. The van der Waals surface area contributed by atoms with E-state index < -0.39 is 0 Å². The van der Waals surface area contributed by atoms with Gasteiger partial charge in [0.2, 0.25) is 0 Å². The van der Waals surface area contributed by atoms with Gasteiger partial charge in [0.25, 0.3) is 0 Å². The van der Waals surface area contributed by atoms with Crippen molar-refractivity contribution >= 4 is 0 Å². The van der Waals surface area contributed by atoms with Gasteiger partial charge in [-0.05, 0) is 10.8 Å². The summed E-state index contributed by atoms with van der Waals surface area (Å²) in [4.78, 5) is 0. The Morgan fingerprint density at radius 2 is 1.67 bits per heavy atom. The van der Waals surface area contributed by atoms with Crippen LogP contribution in [0, 0.1) is 10.8 Å². The quantitative estimate of drug-likeness (QED) is 0.521. The van der Waals surface area contributed by atoms with Crippen LogP contribution in [0.15, 0.2) is 0 Å². The van der Waals surface area contributed by atoms with Gasteiger partial charge in [-0.3, -0.25) is 0 Å². The van der Waals surface area contributed by atoms with Crippen molar-refractivity contribution in [3.63, 3.8) is 0 Å². The summed E-state index contributed by atoms with van der Waals surface area (Å²) in [5, 5.41) is 3.31. The van der Waals surface area contributed by atoms with Crippen LogP contribution in [-0.4, -0.2) is 13.1 Å². The molecule has 1 heteroatoms. The molecule has 0 aromatic rings. The Labute approximate surface area is 57.8 Å². The van der Waals surface area contributed by atoms with E-state index in [2.05, 4.69) is 33.0 Å². The van der Waals surface area contributed by atoms with Gasteiger partial charge in [-0.2, -0.15) is 0 Å². The fraction of sp³-hybridized carbons (Fsp3) is 1.00. The summed E-state index contributed by atoms with van der Waals surface area (Å²) in [6, 6.07) is 0. The topological polar surface area (TPSA) is 12.0 Å². The zero-order valence-electron chi connectivity index (χ0n) is 6.91. The Morgan fingerprint density at radius 1 is 1.22 bits per heavy atom. The van der Waals surface area contributed by atoms with E-state index in [0.717, 1.165) is 0 Å². The first-order valence-electron chi connectivity index (χ1n) is 3.66. The van der Waals surface area contributed by atoms with E-state index in [1.807, 2.05) is 0 Å². The van der Waals surface area contributed by atoms with Crippen molar-refractivity contribution in [2.75, 3.05) is 13.1 Å². The van der Waals surface area contributed by atoms with Crippen LogP contribution in [0.5, 0.6) is 0 Å². The third-order valence-corrected chi connectivity index (χ3v) is 2.84. The van der Waals surface area contributed by atoms with Crippen molar-refractivity contribution in [3.05, 3.63) is 0 Å². The first-order valence-corrected chi connectivity index (χ1v) is 3.66. The number of nitrogens with one attached hydrogen (secondary N) is 1. The second-order valence-electron chi connectivity index (χ2n) is 4.41. The van der Waals surface area contributed by atoms with Crippen molar-refractivity contribution in [1.29, 1.82) is 0 Å². The fourth-order valence-corrected chi connectivity index (χ4v) is 1.03. The largest absolute Gasteiger partial charge is 0.316 e. The lowest BCUT2D eigenvalue weighted by Crippen LogP contribution is -2.58. The molecule has 54 valence electrons. The van der Waals surface area contributed by atoms with E-state index in [4.69, 9.17) is 0 Å². The second-order valence-corrected chi connectivity index (χ2v) is 4.41. The molecule has 0 saturated carbocycles. The molecule has 1 fully saturated rings. The lowest BCUT2D eigenvalue weighted by molar-refractivity contribution is 0.0444. The minimum Gasteiger partial charge on any atom is -0.316 e. The molecular weight excluding hydrogens is 110 g/mol. The van der Waals surface area contributed by atoms with Crippen LogP contribution in [0.1, 0.15) is 27.7 Å². The Morgan fingerprint density at radius 3 is 1.67 bits per heavy atom. The highest BCUT2D eigenvalue weighted by Gasteiger charge is 2.42. The highest BCUT2D eigenvalue weighted by molar-refractivity contribution is 4.96. The van der Waals surface area contributed by atoms with Crippen LogP contribution in [-0.2, 0) is 0 Å². The van der Waals surface area contributed by atoms with Gasteiger partial charge in [-0.1, -0.05) is 27.7 Å². The fourth-order valence-electron chi connectivity index (χ4n) is 1.03. The molecule has 1 rings (SSSR count). The van der Waals surface area contributed by atoms with Crippen LogP contribution >= 0.6 is 0 Å². The molecule has 0 aromatic carbocycles. The monoisotopic (exact) mass is 127 g/mol. The van der Waals surface area contributed by atoms with E-state index in [0.29, 0.717) is 10.8 Å². The molecule has 0 amide bonds. The maximum atomic E-state index is 3.31. The van der Waals surface area contributed by atoms with Crippen LogP contribution in [0.3, 0.4) is 0 Å². The maximum Gasteiger partial charge on any atom is 0.00226 e. The molecule has 1 saturated heterocycles. The lowest BCUT2D eigenvalue weighted by atomic mass is 9.64. The summed E-state index contributed by atoms with van der Waals surface area (Å²) in [6.07, 6.45) is 0. The van der Waals surface area contributed by atoms with Crippen molar-refractivity contribution in [3.8, 4) is 0 Å². The first-order chi connectivity index (χ1) is 3.96. The molecular formula is C8H17N. The summed E-state index contributed by atoms with van der Waals surface area (Å²) in [5.41, 5.74) is 1.02. The summed E-state index contributed by atoms with van der Waals surface area (Å²) < 4.78 is 0. The molecule has 9 heavy (non-hydrogen) atoms. The molecule has 1 N–H and O–H groups in total. The van der Waals surface area contributed by atoms with E-state index in [1.54, 1.807) is 0 Å². The number of rotatable bonds is 0. The summed E-state index contributed by atoms with van der Waals surface area (Å²) in [6.45, 7) is 11.7. The van der Waals surface area contributed by atoms with Crippen LogP contribution in [0.2, 0.25) is 0 Å². The molecule has 0 unspecified atom stereocenters. The smallest absolute Gasteiger partial charge is 0.00226 e. The minimum absolute atomic E-state index is 0.470.